The van der Waals surface area contributed by atoms with Crippen molar-refractivity contribution in [1.29, 1.82) is 0 Å². The quantitative estimate of drug-likeness (QED) is 0.452. The molecule has 0 saturated heterocycles. The average Bonchev–Trinajstić information content (AvgIpc) is 2.54. The fourth-order valence-electron chi connectivity index (χ4n) is 2.46. The van der Waals surface area contributed by atoms with E-state index in [1.807, 2.05) is 0 Å². The first-order chi connectivity index (χ1) is 10.6. The van der Waals surface area contributed by atoms with Crippen molar-refractivity contribution in [1.82, 2.24) is 15.1 Å². The van der Waals surface area contributed by atoms with Crippen LogP contribution in [0.25, 0.3) is 0 Å². The SMILES string of the molecule is CCCNC(=NCC(=O)N(C)C)N1CCc2ccccc2C1.I. The van der Waals surface area contributed by atoms with Crippen LogP contribution in [0.5, 0.6) is 0 Å². The van der Waals surface area contributed by atoms with Gasteiger partial charge in [-0.25, -0.2) is 4.99 Å². The molecule has 23 heavy (non-hydrogen) atoms. The summed E-state index contributed by atoms with van der Waals surface area (Å²) in [5.41, 5.74) is 2.76. The summed E-state index contributed by atoms with van der Waals surface area (Å²) in [5.74, 6) is 0.861. The van der Waals surface area contributed by atoms with Gasteiger partial charge < -0.3 is 15.1 Å². The predicted octanol–water partition coefficient (Wildman–Crippen LogP) is 2.11. The minimum atomic E-state index is 0. The number of hydrogen-bond acceptors (Lipinski definition) is 2. The minimum absolute atomic E-state index is 0. The molecule has 128 valence electrons. The van der Waals surface area contributed by atoms with Crippen molar-refractivity contribution in [2.75, 3.05) is 33.7 Å². The van der Waals surface area contributed by atoms with Crippen LogP contribution >= 0.6 is 24.0 Å². The molecule has 1 aromatic carbocycles. The second-order valence-electron chi connectivity index (χ2n) is 5.80. The maximum Gasteiger partial charge on any atom is 0.243 e. The Morgan fingerprint density at radius 3 is 2.65 bits per heavy atom. The zero-order valence-electron chi connectivity index (χ0n) is 14.2. The third kappa shape index (κ3) is 5.67. The fourth-order valence-corrected chi connectivity index (χ4v) is 2.46. The van der Waals surface area contributed by atoms with Crippen LogP contribution in [-0.2, 0) is 17.8 Å². The summed E-state index contributed by atoms with van der Waals surface area (Å²) in [4.78, 5) is 20.1. The number of nitrogens with zero attached hydrogens (tertiary/aromatic N) is 3. The summed E-state index contributed by atoms with van der Waals surface area (Å²) in [6.45, 7) is 4.97. The number of carbonyl (C=O) groups is 1. The molecule has 1 heterocycles. The largest absolute Gasteiger partial charge is 0.356 e. The lowest BCUT2D eigenvalue weighted by Crippen LogP contribution is -2.44. The van der Waals surface area contributed by atoms with E-state index in [2.05, 4.69) is 46.4 Å². The normalized spacial score (nSPS) is 13.9. The molecule has 2 rings (SSSR count). The van der Waals surface area contributed by atoms with Crippen LogP contribution in [0.4, 0.5) is 0 Å². The van der Waals surface area contributed by atoms with E-state index in [-0.39, 0.29) is 36.4 Å². The van der Waals surface area contributed by atoms with Gasteiger partial charge in [-0.15, -0.1) is 24.0 Å². The number of aliphatic imine (C=N–C) groups is 1. The van der Waals surface area contributed by atoms with Crippen LogP contribution in [0.3, 0.4) is 0 Å². The number of rotatable bonds is 4. The second kappa shape index (κ2) is 9.75. The van der Waals surface area contributed by atoms with Gasteiger partial charge in [-0.2, -0.15) is 0 Å². The van der Waals surface area contributed by atoms with Crippen LogP contribution in [0.2, 0.25) is 0 Å². The molecule has 5 nitrogen and oxygen atoms in total. The van der Waals surface area contributed by atoms with Gasteiger partial charge in [0.2, 0.25) is 5.91 Å². The first kappa shape index (κ1) is 19.7. The summed E-state index contributed by atoms with van der Waals surface area (Å²) in [5, 5.41) is 3.37. The van der Waals surface area contributed by atoms with E-state index in [1.165, 1.54) is 11.1 Å². The van der Waals surface area contributed by atoms with Crippen LogP contribution in [-0.4, -0.2) is 55.4 Å². The smallest absolute Gasteiger partial charge is 0.243 e. The van der Waals surface area contributed by atoms with E-state index in [1.54, 1.807) is 19.0 Å². The Kier molecular flexibility index (Phi) is 8.36. The molecule has 1 aromatic rings. The van der Waals surface area contributed by atoms with Gasteiger partial charge in [0.25, 0.3) is 0 Å². The second-order valence-corrected chi connectivity index (χ2v) is 5.80. The molecule has 0 radical (unpaired) electrons. The van der Waals surface area contributed by atoms with E-state index in [0.29, 0.717) is 0 Å². The molecular weight excluding hydrogens is 403 g/mol. The number of hydrogen-bond donors (Lipinski definition) is 1. The van der Waals surface area contributed by atoms with Gasteiger partial charge in [0, 0.05) is 33.7 Å². The number of amides is 1. The lowest BCUT2D eigenvalue weighted by Gasteiger charge is -2.31. The highest BCUT2D eigenvalue weighted by atomic mass is 127. The molecule has 0 atom stereocenters. The summed E-state index contributed by atoms with van der Waals surface area (Å²) >= 11 is 0. The Morgan fingerprint density at radius 1 is 1.30 bits per heavy atom. The summed E-state index contributed by atoms with van der Waals surface area (Å²) in [6.07, 6.45) is 2.05. The highest BCUT2D eigenvalue weighted by Crippen LogP contribution is 2.18. The summed E-state index contributed by atoms with van der Waals surface area (Å²) in [7, 11) is 3.52. The third-order valence-corrected chi connectivity index (χ3v) is 3.83. The lowest BCUT2D eigenvalue weighted by molar-refractivity contribution is -0.127. The Labute approximate surface area is 156 Å². The molecule has 0 aromatic heterocycles. The molecular formula is C17H27IN4O. The minimum Gasteiger partial charge on any atom is -0.356 e. The molecule has 0 aliphatic carbocycles. The third-order valence-electron chi connectivity index (χ3n) is 3.83. The Morgan fingerprint density at radius 2 is 2.00 bits per heavy atom. The number of carbonyl (C=O) groups excluding carboxylic acids is 1. The molecule has 1 aliphatic heterocycles. The van der Waals surface area contributed by atoms with Gasteiger partial charge >= 0.3 is 0 Å². The van der Waals surface area contributed by atoms with Crippen molar-refractivity contribution in [3.63, 3.8) is 0 Å². The van der Waals surface area contributed by atoms with Crippen molar-refractivity contribution in [3.8, 4) is 0 Å². The van der Waals surface area contributed by atoms with Crippen molar-refractivity contribution >= 4 is 35.8 Å². The summed E-state index contributed by atoms with van der Waals surface area (Å²) < 4.78 is 0. The first-order valence-corrected chi connectivity index (χ1v) is 7.92. The standard InChI is InChI=1S/C17H26N4O.HI/c1-4-10-18-17(19-12-16(22)20(2)3)21-11-9-14-7-5-6-8-15(14)13-21;/h5-8H,4,9-13H2,1-3H3,(H,18,19);1H. The van der Waals surface area contributed by atoms with Crippen molar-refractivity contribution in [2.45, 2.75) is 26.3 Å². The summed E-state index contributed by atoms with van der Waals surface area (Å²) in [6, 6.07) is 8.53. The zero-order valence-corrected chi connectivity index (χ0v) is 16.5. The van der Waals surface area contributed by atoms with E-state index in [4.69, 9.17) is 0 Å². The van der Waals surface area contributed by atoms with Crippen molar-refractivity contribution in [3.05, 3.63) is 35.4 Å². The van der Waals surface area contributed by atoms with Crippen LogP contribution in [0.1, 0.15) is 24.5 Å². The maximum atomic E-state index is 11.8. The van der Waals surface area contributed by atoms with Gasteiger partial charge in [-0.1, -0.05) is 31.2 Å². The van der Waals surface area contributed by atoms with Crippen LogP contribution in [0.15, 0.2) is 29.3 Å². The number of nitrogens with one attached hydrogen (secondary N) is 1. The highest BCUT2D eigenvalue weighted by Gasteiger charge is 2.19. The molecule has 0 fully saturated rings. The van der Waals surface area contributed by atoms with E-state index >= 15 is 0 Å². The van der Waals surface area contributed by atoms with E-state index < -0.39 is 0 Å². The monoisotopic (exact) mass is 430 g/mol. The van der Waals surface area contributed by atoms with E-state index in [0.717, 1.165) is 38.4 Å². The zero-order chi connectivity index (χ0) is 15.9. The van der Waals surface area contributed by atoms with Gasteiger partial charge in [-0.3, -0.25) is 4.79 Å². The number of halogens is 1. The molecule has 6 heteroatoms. The highest BCUT2D eigenvalue weighted by molar-refractivity contribution is 14.0. The Balaban J connectivity index is 0.00000264. The molecule has 0 bridgehead atoms. The molecule has 0 unspecified atom stereocenters. The number of likely N-dealkylation sites (N-methyl/N-ethyl adjacent to an activating group) is 1. The lowest BCUT2D eigenvalue weighted by atomic mass is 10.0. The Bertz CT molecular complexity index is 545. The topological polar surface area (TPSA) is 47.9 Å². The molecule has 1 amide bonds. The fraction of sp³-hybridized carbons (Fsp3) is 0.529. The van der Waals surface area contributed by atoms with Crippen LogP contribution in [0, 0.1) is 0 Å². The molecule has 0 spiro atoms. The van der Waals surface area contributed by atoms with Gasteiger partial charge in [0.15, 0.2) is 5.96 Å². The van der Waals surface area contributed by atoms with Gasteiger partial charge in [0.1, 0.15) is 6.54 Å². The van der Waals surface area contributed by atoms with E-state index in [9.17, 15) is 4.79 Å². The van der Waals surface area contributed by atoms with Crippen molar-refractivity contribution < 1.29 is 4.79 Å². The molecule has 1 N–H and O–H groups in total. The number of fused-ring (bicyclic) bond motifs is 1. The number of benzene rings is 1. The number of guanidine groups is 1. The first-order valence-electron chi connectivity index (χ1n) is 7.92. The predicted molar refractivity (Wildman–Crippen MR) is 105 cm³/mol. The Hall–Kier alpha value is -1.31. The van der Waals surface area contributed by atoms with Gasteiger partial charge in [-0.05, 0) is 24.0 Å². The molecule has 1 aliphatic rings. The average molecular weight is 430 g/mol. The maximum absolute atomic E-state index is 11.8. The molecule has 0 saturated carbocycles. The van der Waals surface area contributed by atoms with Crippen LogP contribution < -0.4 is 5.32 Å². The van der Waals surface area contributed by atoms with Crippen molar-refractivity contribution in [2.24, 2.45) is 4.99 Å². The van der Waals surface area contributed by atoms with Gasteiger partial charge in [0.05, 0.1) is 0 Å².